The average molecular weight is 592 g/mol. The fourth-order valence-corrected chi connectivity index (χ4v) is 7.12. The van der Waals surface area contributed by atoms with E-state index in [-0.39, 0.29) is 0 Å². The number of aromatic nitrogens is 3. The highest BCUT2D eigenvalue weighted by Gasteiger charge is 2.62. The highest BCUT2D eigenvalue weighted by atomic mass is 127. The molecule has 0 saturated heterocycles. The van der Waals surface area contributed by atoms with Crippen molar-refractivity contribution in [3.63, 3.8) is 0 Å². The zero-order chi connectivity index (χ0) is 25.1. The Balaban J connectivity index is 1.51. The number of hydrogen-bond acceptors (Lipinski definition) is 3. The molecule has 37 heavy (non-hydrogen) atoms. The monoisotopic (exact) mass is 592 g/mol. The van der Waals surface area contributed by atoms with E-state index in [1.807, 2.05) is 6.20 Å². The van der Waals surface area contributed by atoms with E-state index in [1.54, 1.807) is 0 Å². The Labute approximate surface area is 230 Å². The van der Waals surface area contributed by atoms with Gasteiger partial charge in [0.25, 0.3) is 0 Å². The van der Waals surface area contributed by atoms with Crippen LogP contribution in [-0.4, -0.2) is 14.8 Å². The molecule has 2 fully saturated rings. The first-order valence-corrected chi connectivity index (χ1v) is 13.8. The van der Waals surface area contributed by atoms with Gasteiger partial charge in [-0.1, -0.05) is 91.0 Å². The van der Waals surface area contributed by atoms with Crippen LogP contribution in [-0.2, 0) is 11.0 Å². The number of nitrogens with zero attached hydrogens (tertiary/aromatic N) is 4. The van der Waals surface area contributed by atoms with Crippen LogP contribution >= 0.6 is 22.6 Å². The molecule has 4 nitrogen and oxygen atoms in total. The number of nitriles is 1. The molecule has 180 valence electrons. The fourth-order valence-electron chi connectivity index (χ4n) is 6.48. The predicted octanol–water partition coefficient (Wildman–Crippen LogP) is 7.21. The van der Waals surface area contributed by atoms with Gasteiger partial charge < -0.3 is 0 Å². The van der Waals surface area contributed by atoms with Gasteiger partial charge in [-0.15, -0.1) is 0 Å². The minimum Gasteiger partial charge on any atom is -0.257 e. The van der Waals surface area contributed by atoms with Crippen LogP contribution in [0.25, 0.3) is 10.9 Å². The van der Waals surface area contributed by atoms with Gasteiger partial charge in [-0.3, -0.25) is 4.98 Å². The number of benzene rings is 3. The van der Waals surface area contributed by atoms with Gasteiger partial charge in [0, 0.05) is 5.39 Å². The SMILES string of the molecule is N#CC1(c2cc3c(I)nn(C(c4ccccc4)(c4ccccc4)c4ccccc4)c3cn2)CC2(CC2)C1. The minimum absolute atomic E-state index is 0.410. The molecule has 0 radical (unpaired) electrons. The smallest absolute Gasteiger partial charge is 0.138 e. The maximum Gasteiger partial charge on any atom is 0.138 e. The molecule has 0 aliphatic heterocycles. The summed E-state index contributed by atoms with van der Waals surface area (Å²) in [7, 11) is 0. The van der Waals surface area contributed by atoms with Crippen molar-refractivity contribution in [2.24, 2.45) is 5.41 Å². The molecule has 0 N–H and O–H groups in total. The first kappa shape index (κ1) is 22.7. The molecule has 2 aliphatic carbocycles. The van der Waals surface area contributed by atoms with E-state index in [4.69, 9.17) is 10.1 Å². The fraction of sp³-hybridized carbons (Fsp3) is 0.219. The molecule has 2 saturated carbocycles. The number of pyridine rings is 1. The zero-order valence-electron chi connectivity index (χ0n) is 20.3. The van der Waals surface area contributed by atoms with Crippen molar-refractivity contribution in [3.8, 4) is 6.07 Å². The highest BCUT2D eigenvalue weighted by Crippen LogP contribution is 2.68. The van der Waals surface area contributed by atoms with E-state index < -0.39 is 11.0 Å². The largest absolute Gasteiger partial charge is 0.257 e. The van der Waals surface area contributed by atoms with Crippen LogP contribution in [0, 0.1) is 20.4 Å². The van der Waals surface area contributed by atoms with Gasteiger partial charge in [0.1, 0.15) is 14.7 Å². The molecule has 0 atom stereocenters. The van der Waals surface area contributed by atoms with Crippen LogP contribution in [0.2, 0.25) is 0 Å². The maximum absolute atomic E-state index is 10.2. The second-order valence-corrected chi connectivity index (χ2v) is 11.7. The Hall–Kier alpha value is -3.50. The summed E-state index contributed by atoms with van der Waals surface area (Å²) in [5.74, 6) is 0. The van der Waals surface area contributed by atoms with E-state index >= 15 is 0 Å². The Morgan fingerprint density at radius 2 is 1.32 bits per heavy atom. The molecule has 5 heteroatoms. The van der Waals surface area contributed by atoms with Crippen molar-refractivity contribution >= 4 is 33.5 Å². The predicted molar refractivity (Wildman–Crippen MR) is 153 cm³/mol. The minimum atomic E-state index is -0.698. The molecule has 0 bridgehead atoms. The quantitative estimate of drug-likeness (QED) is 0.160. The van der Waals surface area contributed by atoms with Gasteiger partial charge in [0.2, 0.25) is 0 Å². The molecule has 7 rings (SSSR count). The van der Waals surface area contributed by atoms with Gasteiger partial charge in [0.15, 0.2) is 0 Å². The van der Waals surface area contributed by atoms with Crippen LogP contribution in [0.4, 0.5) is 0 Å². The van der Waals surface area contributed by atoms with Gasteiger partial charge >= 0.3 is 0 Å². The molecule has 1 spiro atoms. The molecule has 2 aromatic heterocycles. The summed E-state index contributed by atoms with van der Waals surface area (Å²) in [4.78, 5) is 4.95. The summed E-state index contributed by atoms with van der Waals surface area (Å²) in [6.45, 7) is 0. The number of halogens is 1. The Kier molecular flexibility index (Phi) is 5.06. The van der Waals surface area contributed by atoms with E-state index in [9.17, 15) is 5.26 Å². The third-order valence-electron chi connectivity index (χ3n) is 8.43. The van der Waals surface area contributed by atoms with Gasteiger partial charge in [-0.05, 0) is 76.4 Å². The summed E-state index contributed by atoms with van der Waals surface area (Å²) in [6, 6.07) is 36.5. The average Bonchev–Trinajstić information content (AvgIpc) is 3.67. The lowest BCUT2D eigenvalue weighted by Gasteiger charge is -2.43. The maximum atomic E-state index is 10.2. The topological polar surface area (TPSA) is 54.5 Å². The second-order valence-electron chi connectivity index (χ2n) is 10.6. The van der Waals surface area contributed by atoms with Crippen molar-refractivity contribution in [3.05, 3.63) is 129 Å². The number of rotatable bonds is 5. The van der Waals surface area contributed by atoms with Crippen LogP contribution in [0.5, 0.6) is 0 Å². The first-order valence-electron chi connectivity index (χ1n) is 12.7. The normalized spacial score (nSPS) is 17.3. The van der Waals surface area contributed by atoms with Gasteiger partial charge in [0.05, 0.1) is 23.5 Å². The van der Waals surface area contributed by atoms with Gasteiger partial charge in [-0.25, -0.2) is 4.68 Å². The lowest BCUT2D eigenvalue weighted by Crippen LogP contribution is -2.42. The standard InChI is InChI=1S/C32H25IN4/c33-29-26-18-28(31(22-34)20-30(21-31)16-17-30)35-19-27(26)37(36-29)32(23-10-4-1-5-11-23,24-12-6-2-7-13-24)25-14-8-3-9-15-25/h1-15,18-19H,16-17,20-21H2. The lowest BCUT2D eigenvalue weighted by atomic mass is 9.58. The first-order chi connectivity index (χ1) is 18.1. The summed E-state index contributed by atoms with van der Waals surface area (Å²) in [5.41, 5.74) is 4.47. The van der Waals surface area contributed by atoms with Crippen molar-refractivity contribution in [1.29, 1.82) is 5.26 Å². The summed E-state index contributed by atoms with van der Waals surface area (Å²) in [6.07, 6.45) is 6.31. The number of fused-ring (bicyclic) bond motifs is 1. The zero-order valence-corrected chi connectivity index (χ0v) is 22.5. The molecule has 0 amide bonds. The Bertz CT molecular complexity index is 1540. The van der Waals surface area contributed by atoms with Crippen molar-refractivity contribution in [2.75, 3.05) is 0 Å². The Morgan fingerprint density at radius 3 is 1.78 bits per heavy atom. The molecule has 0 unspecified atom stereocenters. The summed E-state index contributed by atoms with van der Waals surface area (Å²) in [5, 5.41) is 16.4. The molecule has 2 heterocycles. The van der Waals surface area contributed by atoms with Crippen molar-refractivity contribution in [1.82, 2.24) is 14.8 Å². The molecular weight excluding hydrogens is 567 g/mol. The molecule has 3 aromatic carbocycles. The third-order valence-corrected chi connectivity index (χ3v) is 9.23. The van der Waals surface area contributed by atoms with Crippen LogP contribution in [0.3, 0.4) is 0 Å². The second kappa shape index (κ2) is 8.26. The van der Waals surface area contributed by atoms with Crippen LogP contribution in [0.1, 0.15) is 48.1 Å². The summed E-state index contributed by atoms with van der Waals surface area (Å²) < 4.78 is 3.06. The van der Waals surface area contributed by atoms with E-state index in [0.717, 1.165) is 49.8 Å². The molecule has 2 aliphatic rings. The third kappa shape index (κ3) is 3.31. The van der Waals surface area contributed by atoms with Crippen molar-refractivity contribution in [2.45, 2.75) is 36.6 Å². The van der Waals surface area contributed by atoms with Crippen molar-refractivity contribution < 1.29 is 0 Å². The van der Waals surface area contributed by atoms with E-state index in [2.05, 4.69) is 130 Å². The molecule has 5 aromatic rings. The van der Waals surface area contributed by atoms with E-state index in [0.29, 0.717) is 5.41 Å². The number of hydrogen-bond donors (Lipinski definition) is 0. The summed E-state index contributed by atoms with van der Waals surface area (Å²) >= 11 is 2.34. The lowest BCUT2D eigenvalue weighted by molar-refractivity contribution is 0.168. The van der Waals surface area contributed by atoms with Crippen LogP contribution in [0.15, 0.2) is 103 Å². The Morgan fingerprint density at radius 1 is 0.811 bits per heavy atom. The highest BCUT2D eigenvalue weighted by molar-refractivity contribution is 14.1. The van der Waals surface area contributed by atoms with Crippen LogP contribution < -0.4 is 0 Å². The molecular formula is C32H25IN4. The van der Waals surface area contributed by atoms with E-state index in [1.165, 1.54) is 12.8 Å². The van der Waals surface area contributed by atoms with Gasteiger partial charge in [-0.2, -0.15) is 10.4 Å².